The van der Waals surface area contributed by atoms with Crippen LogP contribution < -0.4 is 0 Å². The van der Waals surface area contributed by atoms with E-state index in [1.807, 2.05) is 0 Å². The Morgan fingerprint density at radius 1 is 1.17 bits per heavy atom. The Bertz CT molecular complexity index is 705. The van der Waals surface area contributed by atoms with Crippen LogP contribution in [0.15, 0.2) is 0 Å². The lowest BCUT2D eigenvalue weighted by Crippen LogP contribution is -2.60. The predicted molar refractivity (Wildman–Crippen MR) is 97.2 cm³/mol. The van der Waals surface area contributed by atoms with Gasteiger partial charge in [0.25, 0.3) is 0 Å². The van der Waals surface area contributed by atoms with Gasteiger partial charge in [0.05, 0.1) is 24.1 Å². The number of carbonyl (C=O) groups is 1. The van der Waals surface area contributed by atoms with Gasteiger partial charge in [0.1, 0.15) is 0 Å². The third-order valence-corrected chi connectivity index (χ3v) is 8.22. The second kappa shape index (κ2) is 9.15. The van der Waals surface area contributed by atoms with Crippen LogP contribution in [0.3, 0.4) is 0 Å². The lowest BCUT2D eigenvalue weighted by molar-refractivity contribution is -0.215. The van der Waals surface area contributed by atoms with Crippen LogP contribution >= 0.6 is 0 Å². The van der Waals surface area contributed by atoms with E-state index in [4.69, 9.17) is 14.6 Å². The molecule has 0 saturated carbocycles. The summed E-state index contributed by atoms with van der Waals surface area (Å²) in [6.07, 6.45) is -7.16. The SMILES string of the molecule is O=C(OC(CO)C(F)(F)F)N1CCC2(CC1)CN(S(=O)(=O)C1CCOCC1)CCO2. The third-order valence-electron chi connectivity index (χ3n) is 5.87. The molecule has 174 valence electrons. The molecule has 3 rings (SSSR count). The molecule has 3 heterocycles. The number of aliphatic hydroxyl groups is 1. The van der Waals surface area contributed by atoms with Gasteiger partial charge in [-0.25, -0.2) is 13.2 Å². The van der Waals surface area contributed by atoms with Crippen LogP contribution in [-0.4, -0.2) is 105 Å². The Morgan fingerprint density at radius 3 is 2.37 bits per heavy atom. The van der Waals surface area contributed by atoms with Crippen LogP contribution in [0, 0.1) is 0 Å². The van der Waals surface area contributed by atoms with Crippen molar-refractivity contribution in [1.29, 1.82) is 0 Å². The molecule has 3 aliphatic rings. The predicted octanol–water partition coefficient (Wildman–Crippen LogP) is 0.722. The number of aliphatic hydroxyl groups excluding tert-OH is 1. The zero-order chi connectivity index (χ0) is 22.0. The monoisotopic (exact) mass is 460 g/mol. The van der Waals surface area contributed by atoms with Gasteiger partial charge < -0.3 is 24.2 Å². The third kappa shape index (κ3) is 5.18. The first-order chi connectivity index (χ1) is 14.1. The summed E-state index contributed by atoms with van der Waals surface area (Å²) < 4.78 is 81.0. The number of ether oxygens (including phenoxy) is 3. The number of sulfonamides is 1. The van der Waals surface area contributed by atoms with Gasteiger partial charge in [0, 0.05) is 39.4 Å². The van der Waals surface area contributed by atoms with Crippen LogP contribution in [0.4, 0.5) is 18.0 Å². The van der Waals surface area contributed by atoms with Crippen molar-refractivity contribution in [3.8, 4) is 0 Å². The number of amides is 1. The van der Waals surface area contributed by atoms with Gasteiger partial charge in [0.15, 0.2) is 0 Å². The van der Waals surface area contributed by atoms with Gasteiger partial charge in [-0.2, -0.15) is 17.5 Å². The average molecular weight is 460 g/mol. The number of rotatable bonds is 4. The van der Waals surface area contributed by atoms with Crippen molar-refractivity contribution in [2.24, 2.45) is 0 Å². The number of likely N-dealkylation sites (tertiary alicyclic amines) is 1. The van der Waals surface area contributed by atoms with E-state index < -0.39 is 45.9 Å². The molecule has 9 nitrogen and oxygen atoms in total. The molecular formula is C17H27F3N2O7S. The van der Waals surface area contributed by atoms with E-state index in [2.05, 4.69) is 4.74 Å². The molecule has 0 bridgehead atoms. The van der Waals surface area contributed by atoms with Gasteiger partial charge >= 0.3 is 12.3 Å². The maximum absolute atomic E-state index is 13.0. The van der Waals surface area contributed by atoms with Crippen molar-refractivity contribution >= 4 is 16.1 Å². The molecule has 0 radical (unpaired) electrons. The van der Waals surface area contributed by atoms with Crippen LogP contribution in [0.2, 0.25) is 0 Å². The number of halogens is 3. The second-order valence-corrected chi connectivity index (χ2v) is 10.0. The minimum absolute atomic E-state index is 0.0694. The summed E-state index contributed by atoms with van der Waals surface area (Å²) in [7, 11) is -3.51. The normalized spacial score (nSPS) is 25.3. The zero-order valence-corrected chi connectivity index (χ0v) is 17.3. The highest BCUT2D eigenvalue weighted by atomic mass is 32.2. The Balaban J connectivity index is 1.58. The highest BCUT2D eigenvalue weighted by molar-refractivity contribution is 7.89. The minimum atomic E-state index is -4.85. The lowest BCUT2D eigenvalue weighted by atomic mass is 9.90. The fourth-order valence-electron chi connectivity index (χ4n) is 4.02. The van der Waals surface area contributed by atoms with Crippen molar-refractivity contribution in [2.45, 2.75) is 48.8 Å². The molecule has 0 aromatic rings. The molecule has 1 unspecified atom stereocenters. The first-order valence-electron chi connectivity index (χ1n) is 9.91. The number of hydrogen-bond acceptors (Lipinski definition) is 7. The quantitative estimate of drug-likeness (QED) is 0.659. The van der Waals surface area contributed by atoms with Gasteiger partial charge in [-0.15, -0.1) is 0 Å². The number of morpholine rings is 1. The Hall–Kier alpha value is -1.15. The Kier molecular flexibility index (Phi) is 7.17. The molecule has 13 heteroatoms. The molecule has 0 aromatic heterocycles. The van der Waals surface area contributed by atoms with Crippen LogP contribution in [0.1, 0.15) is 25.7 Å². The number of nitrogens with zero attached hydrogens (tertiary/aromatic N) is 2. The highest BCUT2D eigenvalue weighted by Crippen LogP contribution is 2.33. The summed E-state index contributed by atoms with van der Waals surface area (Å²) in [5, 5.41) is 8.32. The van der Waals surface area contributed by atoms with Crippen molar-refractivity contribution in [3.05, 3.63) is 0 Å². The van der Waals surface area contributed by atoms with Crippen molar-refractivity contribution in [1.82, 2.24) is 9.21 Å². The van der Waals surface area contributed by atoms with E-state index in [0.717, 1.165) is 4.90 Å². The summed E-state index contributed by atoms with van der Waals surface area (Å²) >= 11 is 0. The topological polar surface area (TPSA) is 106 Å². The van der Waals surface area contributed by atoms with Gasteiger partial charge in [-0.1, -0.05) is 0 Å². The second-order valence-electron chi connectivity index (χ2n) is 7.81. The first kappa shape index (κ1) is 23.5. The highest BCUT2D eigenvalue weighted by Gasteiger charge is 2.47. The molecule has 3 saturated heterocycles. The van der Waals surface area contributed by atoms with Crippen LogP contribution in [0.5, 0.6) is 0 Å². The fraction of sp³-hybridized carbons (Fsp3) is 0.941. The van der Waals surface area contributed by atoms with Gasteiger partial charge in [0.2, 0.25) is 16.1 Å². The summed E-state index contributed by atoms with van der Waals surface area (Å²) in [4.78, 5) is 13.2. The van der Waals surface area contributed by atoms with Gasteiger partial charge in [-0.3, -0.25) is 0 Å². The van der Waals surface area contributed by atoms with Crippen molar-refractivity contribution in [2.75, 3.05) is 52.6 Å². The average Bonchev–Trinajstić information content (AvgIpc) is 2.72. The van der Waals surface area contributed by atoms with E-state index in [1.165, 1.54) is 4.31 Å². The molecule has 1 spiro atoms. The minimum Gasteiger partial charge on any atom is -0.434 e. The largest absolute Gasteiger partial charge is 0.434 e. The standard InChI is InChI=1S/C17H27F3N2O7S/c18-17(19,20)14(11-23)29-15(24)21-5-3-16(4-6-21)12-22(7-10-28-16)30(25,26)13-1-8-27-9-2-13/h13-14,23H,1-12H2. The molecule has 0 aliphatic carbocycles. The molecular weight excluding hydrogens is 433 g/mol. The van der Waals surface area contributed by atoms with E-state index in [0.29, 0.717) is 26.1 Å². The molecule has 0 aromatic carbocycles. The van der Waals surface area contributed by atoms with Crippen molar-refractivity contribution in [3.63, 3.8) is 0 Å². The number of piperidine rings is 1. The van der Waals surface area contributed by atoms with Crippen LogP contribution in [-0.2, 0) is 24.2 Å². The number of alkyl halides is 3. The molecule has 1 atom stereocenters. The summed E-state index contributed by atoms with van der Waals surface area (Å²) in [5.74, 6) is 0. The maximum atomic E-state index is 13.0. The molecule has 1 N–H and O–H groups in total. The number of hydrogen-bond donors (Lipinski definition) is 1. The Morgan fingerprint density at radius 2 is 1.80 bits per heavy atom. The van der Waals surface area contributed by atoms with E-state index in [1.54, 1.807) is 0 Å². The van der Waals surface area contributed by atoms with Gasteiger partial charge in [-0.05, 0) is 25.7 Å². The van der Waals surface area contributed by atoms with E-state index >= 15 is 0 Å². The smallest absolute Gasteiger partial charge is 0.427 e. The molecule has 30 heavy (non-hydrogen) atoms. The number of carbonyl (C=O) groups excluding carboxylic acids is 1. The van der Waals surface area contributed by atoms with E-state index in [-0.39, 0.29) is 45.6 Å². The fourth-order valence-corrected chi connectivity index (χ4v) is 5.97. The molecule has 3 fully saturated rings. The molecule has 1 amide bonds. The Labute approximate surface area is 173 Å². The van der Waals surface area contributed by atoms with Crippen LogP contribution in [0.25, 0.3) is 0 Å². The summed E-state index contributed by atoms with van der Waals surface area (Å²) in [6.45, 7) is 0.212. The van der Waals surface area contributed by atoms with E-state index in [9.17, 15) is 26.4 Å². The maximum Gasteiger partial charge on any atom is 0.427 e. The lowest BCUT2D eigenvalue weighted by Gasteiger charge is -2.47. The first-order valence-corrected chi connectivity index (χ1v) is 11.4. The van der Waals surface area contributed by atoms with Crippen molar-refractivity contribution < 1.29 is 45.7 Å². The summed E-state index contributed by atoms with van der Waals surface area (Å²) in [5.41, 5.74) is -0.784. The molecule has 3 aliphatic heterocycles. The summed E-state index contributed by atoms with van der Waals surface area (Å²) in [6, 6.07) is 0. The zero-order valence-electron chi connectivity index (χ0n) is 16.5.